The first-order chi connectivity index (χ1) is 13.2. The first-order valence-electron chi connectivity index (χ1n) is 9.66. The molecule has 0 atom stereocenters. The van der Waals surface area contributed by atoms with Gasteiger partial charge in [0.25, 0.3) is 5.91 Å². The van der Waals surface area contributed by atoms with Gasteiger partial charge >= 0.3 is 0 Å². The van der Waals surface area contributed by atoms with Crippen molar-refractivity contribution in [1.29, 1.82) is 0 Å². The Labute approximate surface area is 160 Å². The zero-order valence-electron chi connectivity index (χ0n) is 15.5. The third kappa shape index (κ3) is 6.22. The van der Waals surface area contributed by atoms with Crippen molar-refractivity contribution >= 4 is 17.5 Å². The van der Waals surface area contributed by atoms with Crippen molar-refractivity contribution in [2.75, 3.05) is 11.9 Å². The molecule has 0 radical (unpaired) electrons. The van der Waals surface area contributed by atoms with Gasteiger partial charge in [0.05, 0.1) is 6.54 Å². The van der Waals surface area contributed by atoms with Crippen LogP contribution in [0.3, 0.4) is 0 Å². The van der Waals surface area contributed by atoms with Gasteiger partial charge in [-0.2, -0.15) is 0 Å². The molecule has 5 heteroatoms. The van der Waals surface area contributed by atoms with Gasteiger partial charge in [-0.1, -0.05) is 49.6 Å². The molecular weight excluding hydrogens is 338 g/mol. The monoisotopic (exact) mass is 365 g/mol. The average Bonchev–Trinajstić information content (AvgIpc) is 2.72. The molecule has 2 amide bonds. The second-order valence-corrected chi connectivity index (χ2v) is 7.01. The summed E-state index contributed by atoms with van der Waals surface area (Å²) in [4.78, 5) is 24.3. The fourth-order valence-electron chi connectivity index (χ4n) is 3.33. The van der Waals surface area contributed by atoms with Gasteiger partial charge in [-0.15, -0.1) is 0 Å². The summed E-state index contributed by atoms with van der Waals surface area (Å²) in [6.45, 7) is 0.814. The minimum absolute atomic E-state index is 0.0538. The zero-order chi connectivity index (χ0) is 18.9. The van der Waals surface area contributed by atoms with Gasteiger partial charge in [0, 0.05) is 23.8 Å². The van der Waals surface area contributed by atoms with Crippen LogP contribution < -0.4 is 16.0 Å². The number of amides is 2. The normalized spacial score (nSPS) is 14.5. The van der Waals surface area contributed by atoms with Crippen molar-refractivity contribution in [2.24, 2.45) is 0 Å². The van der Waals surface area contributed by atoms with E-state index < -0.39 is 0 Å². The second-order valence-electron chi connectivity index (χ2n) is 7.01. The van der Waals surface area contributed by atoms with Crippen LogP contribution in [0.15, 0.2) is 54.6 Å². The summed E-state index contributed by atoms with van der Waals surface area (Å²) in [5.74, 6) is -0.183. The molecule has 5 nitrogen and oxygen atoms in total. The van der Waals surface area contributed by atoms with E-state index in [-0.39, 0.29) is 11.8 Å². The minimum Gasteiger partial charge on any atom is -0.348 e. The summed E-state index contributed by atoms with van der Waals surface area (Å²) in [7, 11) is 0. The Morgan fingerprint density at radius 2 is 1.59 bits per heavy atom. The molecular formula is C22H27N3O2. The molecule has 0 unspecified atom stereocenters. The molecule has 2 aromatic rings. The smallest absolute Gasteiger partial charge is 0.251 e. The predicted octanol–water partition coefficient (Wildman–Crippen LogP) is 3.48. The largest absolute Gasteiger partial charge is 0.348 e. The topological polar surface area (TPSA) is 70.2 Å². The second kappa shape index (κ2) is 9.88. The molecule has 3 rings (SSSR count). The van der Waals surface area contributed by atoms with Crippen molar-refractivity contribution in [3.63, 3.8) is 0 Å². The Hall–Kier alpha value is -2.66. The number of carbonyl (C=O) groups excluding carboxylic acids is 2. The molecule has 0 heterocycles. The third-order valence-corrected chi connectivity index (χ3v) is 4.88. The number of hydrogen-bond donors (Lipinski definition) is 3. The van der Waals surface area contributed by atoms with Gasteiger partial charge < -0.3 is 16.0 Å². The highest BCUT2D eigenvalue weighted by Crippen LogP contribution is 2.17. The fourth-order valence-corrected chi connectivity index (χ4v) is 3.33. The molecule has 1 aliphatic carbocycles. The fraction of sp³-hybridized carbons (Fsp3) is 0.364. The molecule has 0 saturated heterocycles. The van der Waals surface area contributed by atoms with Crippen molar-refractivity contribution in [1.82, 2.24) is 10.6 Å². The van der Waals surface area contributed by atoms with Gasteiger partial charge in [0.1, 0.15) is 0 Å². The molecule has 0 aliphatic heterocycles. The highest BCUT2D eigenvalue weighted by molar-refractivity contribution is 5.96. The van der Waals surface area contributed by atoms with Crippen LogP contribution in [0.25, 0.3) is 0 Å². The lowest BCUT2D eigenvalue weighted by molar-refractivity contribution is -0.115. The van der Waals surface area contributed by atoms with Crippen molar-refractivity contribution < 1.29 is 9.59 Å². The van der Waals surface area contributed by atoms with Crippen LogP contribution in [-0.4, -0.2) is 24.4 Å². The van der Waals surface area contributed by atoms with Crippen molar-refractivity contribution in [2.45, 2.75) is 44.7 Å². The number of anilines is 1. The number of nitrogens with one attached hydrogen (secondary N) is 3. The van der Waals surface area contributed by atoms with E-state index in [1.54, 1.807) is 24.3 Å². The van der Waals surface area contributed by atoms with Crippen molar-refractivity contribution in [3.8, 4) is 0 Å². The summed E-state index contributed by atoms with van der Waals surface area (Å²) in [6, 6.07) is 17.2. The van der Waals surface area contributed by atoms with E-state index in [1.807, 2.05) is 30.3 Å². The van der Waals surface area contributed by atoms with E-state index >= 15 is 0 Å². The Morgan fingerprint density at radius 3 is 2.30 bits per heavy atom. The maximum absolute atomic E-state index is 12.2. The third-order valence-electron chi connectivity index (χ3n) is 4.88. The molecule has 1 fully saturated rings. The highest BCUT2D eigenvalue weighted by atomic mass is 16.2. The summed E-state index contributed by atoms with van der Waals surface area (Å²) in [5.41, 5.74) is 2.33. The first kappa shape index (κ1) is 19.1. The molecule has 0 bridgehead atoms. The Bertz CT molecular complexity index is 738. The lowest BCUT2D eigenvalue weighted by Crippen LogP contribution is -2.37. The summed E-state index contributed by atoms with van der Waals surface area (Å²) in [6.07, 6.45) is 6.09. The molecule has 1 aliphatic rings. The van der Waals surface area contributed by atoms with E-state index in [9.17, 15) is 9.59 Å². The summed E-state index contributed by atoms with van der Waals surface area (Å²) < 4.78 is 0. The molecule has 0 aromatic heterocycles. The van der Waals surface area contributed by atoms with Crippen LogP contribution in [0.5, 0.6) is 0 Å². The van der Waals surface area contributed by atoms with Crippen LogP contribution in [0.4, 0.5) is 5.69 Å². The number of rotatable bonds is 7. The quantitative estimate of drug-likeness (QED) is 0.703. The lowest BCUT2D eigenvalue weighted by atomic mass is 9.95. The first-order valence-corrected chi connectivity index (χ1v) is 9.66. The average molecular weight is 365 g/mol. The molecule has 1 saturated carbocycles. The minimum atomic E-state index is -0.129. The highest BCUT2D eigenvalue weighted by Gasteiger charge is 2.14. The number of benzene rings is 2. The van der Waals surface area contributed by atoms with E-state index in [0.29, 0.717) is 30.4 Å². The van der Waals surface area contributed by atoms with Gasteiger partial charge in [-0.25, -0.2) is 0 Å². The van der Waals surface area contributed by atoms with Crippen LogP contribution in [0, 0.1) is 0 Å². The summed E-state index contributed by atoms with van der Waals surface area (Å²) >= 11 is 0. The zero-order valence-corrected chi connectivity index (χ0v) is 15.5. The van der Waals surface area contributed by atoms with Gasteiger partial charge in [0.15, 0.2) is 0 Å². The van der Waals surface area contributed by atoms with Crippen LogP contribution in [0.1, 0.15) is 48.0 Å². The Balaban J connectivity index is 1.43. The molecule has 27 heavy (non-hydrogen) atoms. The SMILES string of the molecule is O=C(CNC1CCCCC1)Nc1ccc(C(=O)NCc2ccccc2)cc1. The molecule has 0 spiro atoms. The summed E-state index contributed by atoms with van der Waals surface area (Å²) in [5, 5.41) is 9.10. The van der Waals surface area contributed by atoms with Gasteiger partial charge in [0.2, 0.25) is 5.91 Å². The van der Waals surface area contributed by atoms with E-state index in [1.165, 1.54) is 19.3 Å². The Morgan fingerprint density at radius 1 is 0.889 bits per heavy atom. The molecule has 2 aromatic carbocycles. The molecule has 142 valence electrons. The number of carbonyl (C=O) groups is 2. The van der Waals surface area contributed by atoms with E-state index in [0.717, 1.165) is 18.4 Å². The maximum Gasteiger partial charge on any atom is 0.251 e. The van der Waals surface area contributed by atoms with E-state index in [4.69, 9.17) is 0 Å². The van der Waals surface area contributed by atoms with Gasteiger partial charge in [-0.05, 0) is 42.7 Å². The van der Waals surface area contributed by atoms with Crippen LogP contribution >= 0.6 is 0 Å². The number of hydrogen-bond acceptors (Lipinski definition) is 3. The van der Waals surface area contributed by atoms with Crippen LogP contribution in [-0.2, 0) is 11.3 Å². The molecule has 3 N–H and O–H groups in total. The van der Waals surface area contributed by atoms with E-state index in [2.05, 4.69) is 16.0 Å². The van der Waals surface area contributed by atoms with Crippen LogP contribution in [0.2, 0.25) is 0 Å². The lowest BCUT2D eigenvalue weighted by Gasteiger charge is -2.22. The standard InChI is InChI=1S/C22H27N3O2/c26-21(16-23-19-9-5-2-6-10-19)25-20-13-11-18(12-14-20)22(27)24-15-17-7-3-1-4-8-17/h1,3-4,7-8,11-14,19,23H,2,5-6,9-10,15-16H2,(H,24,27)(H,25,26). The van der Waals surface area contributed by atoms with Crippen molar-refractivity contribution in [3.05, 3.63) is 65.7 Å². The van der Waals surface area contributed by atoms with Gasteiger partial charge in [-0.3, -0.25) is 9.59 Å². The Kier molecular flexibility index (Phi) is 6.99. The predicted molar refractivity (Wildman–Crippen MR) is 108 cm³/mol. The maximum atomic E-state index is 12.2.